The number of benzene rings is 3. The number of nitrogens with one attached hydrogen (secondary N) is 1. The highest BCUT2D eigenvalue weighted by Gasteiger charge is 2.21. The van der Waals surface area contributed by atoms with E-state index in [2.05, 4.69) is 5.32 Å². The molecule has 0 saturated carbocycles. The van der Waals surface area contributed by atoms with Crippen molar-refractivity contribution in [2.24, 2.45) is 0 Å². The first-order valence-corrected chi connectivity index (χ1v) is 11.2. The van der Waals surface area contributed by atoms with Gasteiger partial charge in [-0.3, -0.25) is 9.59 Å². The van der Waals surface area contributed by atoms with Crippen LogP contribution in [0.15, 0.2) is 59.4 Å². The van der Waals surface area contributed by atoms with E-state index in [4.69, 9.17) is 27.9 Å². The first-order chi connectivity index (χ1) is 15.8. The molecule has 0 saturated heterocycles. The predicted molar refractivity (Wildman–Crippen MR) is 136 cm³/mol. The van der Waals surface area contributed by atoms with Gasteiger partial charge in [-0.05, 0) is 43.3 Å². The Morgan fingerprint density at radius 1 is 1.03 bits per heavy atom. The first-order valence-electron chi connectivity index (χ1n) is 10.4. The standard InChI is InChI=1S/C25H23Cl2N3O3/c1-4-33-22(31)14-30-21-13-20(28-15-8-6-5-7-9-15)19(27)12-17(21)25(32)16-10-11-18(26)24(23(16)30)29(2)3/h5-13,28H,4,14H2,1-3H3. The fraction of sp³-hybridized carbons (Fsp3) is 0.200. The molecule has 0 amide bonds. The van der Waals surface area contributed by atoms with Gasteiger partial charge in [-0.1, -0.05) is 41.4 Å². The topological polar surface area (TPSA) is 63.6 Å². The van der Waals surface area contributed by atoms with Gasteiger partial charge in [0.15, 0.2) is 5.43 Å². The molecule has 0 aliphatic heterocycles. The Labute approximate surface area is 201 Å². The second kappa shape index (κ2) is 9.33. The third kappa shape index (κ3) is 4.36. The van der Waals surface area contributed by atoms with E-state index in [1.165, 1.54) is 0 Å². The third-order valence-electron chi connectivity index (χ3n) is 5.33. The maximum Gasteiger partial charge on any atom is 0.325 e. The first kappa shape index (κ1) is 23.0. The zero-order valence-corrected chi connectivity index (χ0v) is 20.0. The number of aromatic nitrogens is 1. The van der Waals surface area contributed by atoms with Gasteiger partial charge >= 0.3 is 5.97 Å². The van der Waals surface area contributed by atoms with E-state index >= 15 is 0 Å². The van der Waals surface area contributed by atoms with Gasteiger partial charge in [0.1, 0.15) is 6.54 Å². The summed E-state index contributed by atoms with van der Waals surface area (Å²) in [7, 11) is 3.68. The number of nitrogens with zero attached hydrogens (tertiary/aromatic N) is 2. The fourth-order valence-electron chi connectivity index (χ4n) is 3.94. The van der Waals surface area contributed by atoms with Gasteiger partial charge in [0.2, 0.25) is 0 Å². The molecule has 0 aliphatic rings. The number of fused-ring (bicyclic) bond motifs is 2. The predicted octanol–water partition coefficient (Wildman–Crippen LogP) is 5.83. The Balaban J connectivity index is 2.08. The summed E-state index contributed by atoms with van der Waals surface area (Å²) in [5.74, 6) is -0.416. The molecular weight excluding hydrogens is 461 g/mol. The highest BCUT2D eigenvalue weighted by atomic mass is 35.5. The maximum atomic E-state index is 13.5. The second-order valence-corrected chi connectivity index (χ2v) is 8.56. The molecule has 0 atom stereocenters. The molecule has 4 aromatic rings. The molecule has 8 heteroatoms. The van der Waals surface area contributed by atoms with E-state index in [0.29, 0.717) is 43.2 Å². The molecule has 0 radical (unpaired) electrons. The lowest BCUT2D eigenvalue weighted by Crippen LogP contribution is -2.21. The molecular formula is C25H23Cl2N3O3. The molecule has 1 heterocycles. The molecule has 33 heavy (non-hydrogen) atoms. The third-order valence-corrected chi connectivity index (χ3v) is 5.95. The van der Waals surface area contributed by atoms with Gasteiger partial charge in [-0.25, -0.2) is 0 Å². The van der Waals surface area contributed by atoms with E-state index < -0.39 is 5.97 Å². The van der Waals surface area contributed by atoms with Crippen molar-refractivity contribution in [3.8, 4) is 0 Å². The molecule has 170 valence electrons. The normalized spacial score (nSPS) is 11.1. The maximum absolute atomic E-state index is 13.5. The molecule has 0 bridgehead atoms. The highest BCUT2D eigenvalue weighted by molar-refractivity contribution is 6.35. The lowest BCUT2D eigenvalue weighted by Gasteiger charge is -2.23. The van der Waals surface area contributed by atoms with Gasteiger partial charge in [0.05, 0.1) is 39.1 Å². The van der Waals surface area contributed by atoms with Gasteiger partial charge < -0.3 is 19.5 Å². The number of esters is 1. The summed E-state index contributed by atoms with van der Waals surface area (Å²) in [5, 5.41) is 5.00. The molecule has 4 rings (SSSR count). The lowest BCUT2D eigenvalue weighted by atomic mass is 10.1. The van der Waals surface area contributed by atoms with Crippen LogP contribution in [0.25, 0.3) is 21.8 Å². The monoisotopic (exact) mass is 483 g/mol. The zero-order valence-electron chi connectivity index (χ0n) is 18.5. The van der Waals surface area contributed by atoms with Crippen LogP contribution in [0.1, 0.15) is 6.92 Å². The van der Waals surface area contributed by atoms with Crippen molar-refractivity contribution in [3.05, 3.63) is 74.9 Å². The SMILES string of the molecule is CCOC(=O)Cn1c2cc(Nc3ccccc3)c(Cl)cc2c(=O)c2ccc(Cl)c(N(C)C)c21. The molecule has 0 aliphatic carbocycles. The van der Waals surface area contributed by atoms with Crippen LogP contribution in [0.2, 0.25) is 10.0 Å². The number of rotatable bonds is 6. The van der Waals surface area contributed by atoms with Crippen LogP contribution in [0.5, 0.6) is 0 Å². The Morgan fingerprint density at radius 2 is 1.76 bits per heavy atom. The molecule has 1 aromatic heterocycles. The van der Waals surface area contributed by atoms with Crippen molar-refractivity contribution in [1.82, 2.24) is 4.57 Å². The minimum atomic E-state index is -0.416. The van der Waals surface area contributed by atoms with E-state index in [0.717, 1.165) is 5.69 Å². The second-order valence-electron chi connectivity index (χ2n) is 7.75. The summed E-state index contributed by atoms with van der Waals surface area (Å²) in [5.41, 5.74) is 3.02. The van der Waals surface area contributed by atoms with E-state index in [-0.39, 0.29) is 18.6 Å². The van der Waals surface area contributed by atoms with Crippen molar-refractivity contribution < 1.29 is 9.53 Å². The molecule has 1 N–H and O–H groups in total. The van der Waals surface area contributed by atoms with Crippen molar-refractivity contribution in [2.75, 3.05) is 30.9 Å². The number of ether oxygens (including phenoxy) is 1. The van der Waals surface area contributed by atoms with Gasteiger partial charge in [-0.15, -0.1) is 0 Å². The molecule has 0 unspecified atom stereocenters. The Kier molecular flexibility index (Phi) is 6.49. The van der Waals surface area contributed by atoms with Gasteiger partial charge in [0, 0.05) is 30.6 Å². The Bertz CT molecular complexity index is 1420. The zero-order chi connectivity index (χ0) is 23.7. The number of anilines is 3. The number of hydrogen-bond donors (Lipinski definition) is 1. The van der Waals surface area contributed by atoms with Crippen molar-refractivity contribution >= 4 is 68.0 Å². The average Bonchev–Trinajstić information content (AvgIpc) is 2.78. The minimum Gasteiger partial charge on any atom is -0.465 e. The highest BCUT2D eigenvalue weighted by Crippen LogP contribution is 2.36. The lowest BCUT2D eigenvalue weighted by molar-refractivity contribution is -0.143. The van der Waals surface area contributed by atoms with Crippen molar-refractivity contribution in [1.29, 1.82) is 0 Å². The number of para-hydroxylation sites is 1. The smallest absolute Gasteiger partial charge is 0.325 e. The van der Waals surface area contributed by atoms with Gasteiger partial charge in [0.25, 0.3) is 0 Å². The number of hydrogen-bond acceptors (Lipinski definition) is 5. The average molecular weight is 484 g/mol. The van der Waals surface area contributed by atoms with Gasteiger partial charge in [-0.2, -0.15) is 0 Å². The van der Waals surface area contributed by atoms with Crippen LogP contribution in [-0.2, 0) is 16.1 Å². The molecule has 3 aromatic carbocycles. The van der Waals surface area contributed by atoms with Crippen LogP contribution in [0.3, 0.4) is 0 Å². The van der Waals surface area contributed by atoms with Crippen LogP contribution in [0.4, 0.5) is 17.1 Å². The fourth-order valence-corrected chi connectivity index (χ4v) is 4.47. The summed E-state index contributed by atoms with van der Waals surface area (Å²) >= 11 is 13.1. The summed E-state index contributed by atoms with van der Waals surface area (Å²) in [6, 6.07) is 16.3. The quantitative estimate of drug-likeness (QED) is 0.276. The van der Waals surface area contributed by atoms with Crippen LogP contribution in [0, 0.1) is 0 Å². The summed E-state index contributed by atoms with van der Waals surface area (Å²) in [6.07, 6.45) is 0. The van der Waals surface area contributed by atoms with Crippen LogP contribution in [-0.4, -0.2) is 31.2 Å². The number of pyridine rings is 1. The van der Waals surface area contributed by atoms with E-state index in [1.54, 1.807) is 35.8 Å². The number of carbonyl (C=O) groups excluding carboxylic acids is 1. The number of halogens is 2. The molecule has 0 spiro atoms. The molecule has 6 nitrogen and oxygen atoms in total. The van der Waals surface area contributed by atoms with E-state index in [1.807, 2.05) is 49.3 Å². The van der Waals surface area contributed by atoms with Crippen molar-refractivity contribution in [3.63, 3.8) is 0 Å². The molecule has 0 fully saturated rings. The minimum absolute atomic E-state index is 0.0886. The number of carbonyl (C=O) groups is 1. The Morgan fingerprint density at radius 3 is 2.42 bits per heavy atom. The van der Waals surface area contributed by atoms with Crippen LogP contribution < -0.4 is 15.6 Å². The Hall–Kier alpha value is -3.22. The summed E-state index contributed by atoms with van der Waals surface area (Å²) in [4.78, 5) is 27.9. The van der Waals surface area contributed by atoms with Crippen molar-refractivity contribution in [2.45, 2.75) is 13.5 Å². The van der Waals surface area contributed by atoms with E-state index in [9.17, 15) is 9.59 Å². The van der Waals surface area contributed by atoms with Crippen LogP contribution >= 0.6 is 23.2 Å². The largest absolute Gasteiger partial charge is 0.465 e. The summed E-state index contributed by atoms with van der Waals surface area (Å²) < 4.78 is 7.00. The summed E-state index contributed by atoms with van der Waals surface area (Å²) in [6.45, 7) is 1.92.